The predicted molar refractivity (Wildman–Crippen MR) is 121 cm³/mol. The standard InChI is InChI=1S/C23H28N6O3/c1-14-6-19(23(31-3)4-5-32-13-23)26-21(7-14)29-12-17(15-10-28(2)11-15)16-9-25-20(8-18(16)29)27-22(24)30/h6-9,12,15H,4-5,10-11,13H2,1-3H3,(H3,24,25,27,30). The molecule has 0 aliphatic carbocycles. The second-order valence-corrected chi connectivity index (χ2v) is 8.84. The number of hydrogen-bond acceptors (Lipinski definition) is 6. The van der Waals surface area contributed by atoms with E-state index in [4.69, 9.17) is 20.2 Å². The van der Waals surface area contributed by atoms with Crippen molar-refractivity contribution in [2.75, 3.05) is 45.8 Å². The molecule has 168 valence electrons. The minimum atomic E-state index is -0.643. The van der Waals surface area contributed by atoms with E-state index in [1.54, 1.807) is 7.11 Å². The van der Waals surface area contributed by atoms with E-state index in [0.29, 0.717) is 24.9 Å². The summed E-state index contributed by atoms with van der Waals surface area (Å²) >= 11 is 0. The molecule has 2 fully saturated rings. The zero-order chi connectivity index (χ0) is 22.5. The van der Waals surface area contributed by atoms with Crippen LogP contribution < -0.4 is 11.1 Å². The second kappa shape index (κ2) is 7.84. The fourth-order valence-electron chi connectivity index (χ4n) is 4.77. The number of primary amides is 1. The van der Waals surface area contributed by atoms with Crippen LogP contribution in [0.5, 0.6) is 0 Å². The van der Waals surface area contributed by atoms with Gasteiger partial charge in [-0.3, -0.25) is 5.32 Å². The molecule has 2 amide bonds. The van der Waals surface area contributed by atoms with Gasteiger partial charge in [0, 0.05) is 63.0 Å². The lowest BCUT2D eigenvalue weighted by molar-refractivity contribution is -0.0246. The number of pyridine rings is 2. The van der Waals surface area contributed by atoms with Gasteiger partial charge in [0.05, 0.1) is 17.8 Å². The zero-order valence-electron chi connectivity index (χ0n) is 18.6. The molecule has 3 aromatic rings. The van der Waals surface area contributed by atoms with Gasteiger partial charge in [-0.1, -0.05) is 0 Å². The average molecular weight is 437 g/mol. The van der Waals surface area contributed by atoms with Crippen molar-refractivity contribution < 1.29 is 14.3 Å². The predicted octanol–water partition coefficient (Wildman–Crippen LogP) is 2.51. The molecule has 2 aliphatic rings. The lowest BCUT2D eigenvalue weighted by Crippen LogP contribution is -2.41. The van der Waals surface area contributed by atoms with Crippen LogP contribution in [0.15, 0.2) is 30.6 Å². The van der Waals surface area contributed by atoms with Gasteiger partial charge in [0.15, 0.2) is 0 Å². The monoisotopic (exact) mass is 436 g/mol. The van der Waals surface area contributed by atoms with Gasteiger partial charge in [-0.15, -0.1) is 0 Å². The second-order valence-electron chi connectivity index (χ2n) is 8.84. The van der Waals surface area contributed by atoms with E-state index in [2.05, 4.69) is 52.1 Å². The molecule has 2 aliphatic heterocycles. The number of aryl methyl sites for hydroxylation is 1. The van der Waals surface area contributed by atoms with Crippen LogP contribution in [0.4, 0.5) is 10.6 Å². The number of hydrogen-bond donors (Lipinski definition) is 2. The molecule has 9 heteroatoms. The van der Waals surface area contributed by atoms with Gasteiger partial charge in [0.25, 0.3) is 0 Å². The topological polar surface area (TPSA) is 108 Å². The highest BCUT2D eigenvalue weighted by molar-refractivity contribution is 5.92. The number of amides is 2. The van der Waals surface area contributed by atoms with Crippen molar-refractivity contribution >= 4 is 22.8 Å². The highest BCUT2D eigenvalue weighted by Gasteiger charge is 2.39. The first-order chi connectivity index (χ1) is 15.4. The number of anilines is 1. The van der Waals surface area contributed by atoms with Crippen molar-refractivity contribution in [3.63, 3.8) is 0 Å². The van der Waals surface area contributed by atoms with E-state index in [1.807, 2.05) is 12.3 Å². The maximum atomic E-state index is 11.4. The molecule has 9 nitrogen and oxygen atoms in total. The minimum absolute atomic E-state index is 0.409. The van der Waals surface area contributed by atoms with E-state index in [0.717, 1.165) is 47.5 Å². The number of aromatic nitrogens is 3. The van der Waals surface area contributed by atoms with E-state index in [1.165, 1.54) is 5.56 Å². The van der Waals surface area contributed by atoms with Crippen LogP contribution in [0.3, 0.4) is 0 Å². The number of likely N-dealkylation sites (N-methyl/N-ethyl adjacent to an activating group) is 1. The van der Waals surface area contributed by atoms with Crippen molar-refractivity contribution in [3.8, 4) is 5.82 Å². The summed E-state index contributed by atoms with van der Waals surface area (Å²) in [5, 5.41) is 3.63. The highest BCUT2D eigenvalue weighted by atomic mass is 16.5. The Hall–Kier alpha value is -3.01. The lowest BCUT2D eigenvalue weighted by Gasteiger charge is -2.36. The fourth-order valence-corrected chi connectivity index (χ4v) is 4.77. The normalized spacial score (nSPS) is 21.7. The van der Waals surface area contributed by atoms with Crippen LogP contribution in [-0.4, -0.2) is 65.9 Å². The third-order valence-electron chi connectivity index (χ3n) is 6.52. The number of urea groups is 1. The van der Waals surface area contributed by atoms with Gasteiger partial charge in [0.1, 0.15) is 17.2 Å². The quantitative estimate of drug-likeness (QED) is 0.636. The molecule has 5 heterocycles. The Morgan fingerprint density at radius 3 is 2.81 bits per heavy atom. The number of nitrogens with two attached hydrogens (primary N) is 1. The molecule has 32 heavy (non-hydrogen) atoms. The van der Waals surface area contributed by atoms with Crippen LogP contribution in [-0.2, 0) is 15.1 Å². The molecule has 0 aromatic carbocycles. The number of carbonyl (C=O) groups is 1. The van der Waals surface area contributed by atoms with Crippen molar-refractivity contribution in [1.29, 1.82) is 0 Å². The molecule has 0 saturated carbocycles. The van der Waals surface area contributed by atoms with Gasteiger partial charge >= 0.3 is 6.03 Å². The van der Waals surface area contributed by atoms with Crippen molar-refractivity contribution in [3.05, 3.63) is 47.4 Å². The van der Waals surface area contributed by atoms with Crippen molar-refractivity contribution in [2.24, 2.45) is 5.73 Å². The Balaban J connectivity index is 1.66. The number of methoxy groups -OCH3 is 1. The number of fused-ring (bicyclic) bond motifs is 1. The Labute approximate surface area is 186 Å². The molecule has 3 N–H and O–H groups in total. The molecule has 1 atom stereocenters. The zero-order valence-corrected chi connectivity index (χ0v) is 18.6. The lowest BCUT2D eigenvalue weighted by atomic mass is 9.92. The highest BCUT2D eigenvalue weighted by Crippen LogP contribution is 2.37. The summed E-state index contributed by atoms with van der Waals surface area (Å²) in [5.74, 6) is 1.63. The average Bonchev–Trinajstić information content (AvgIpc) is 3.36. The van der Waals surface area contributed by atoms with Crippen LogP contribution in [0, 0.1) is 6.92 Å². The summed E-state index contributed by atoms with van der Waals surface area (Å²) in [6.07, 6.45) is 4.72. The first-order valence-electron chi connectivity index (χ1n) is 10.8. The van der Waals surface area contributed by atoms with Gasteiger partial charge in [-0.2, -0.15) is 0 Å². The van der Waals surface area contributed by atoms with Gasteiger partial charge in [0.2, 0.25) is 0 Å². The number of carbonyl (C=O) groups excluding carboxylic acids is 1. The Morgan fingerprint density at radius 2 is 2.16 bits per heavy atom. The van der Waals surface area contributed by atoms with Crippen LogP contribution in [0.2, 0.25) is 0 Å². The van der Waals surface area contributed by atoms with Gasteiger partial charge < -0.3 is 24.7 Å². The van der Waals surface area contributed by atoms with E-state index < -0.39 is 11.6 Å². The van der Waals surface area contributed by atoms with E-state index in [-0.39, 0.29) is 0 Å². The summed E-state index contributed by atoms with van der Waals surface area (Å²) in [6.45, 7) is 5.19. The summed E-state index contributed by atoms with van der Waals surface area (Å²) < 4.78 is 13.6. The third-order valence-corrected chi connectivity index (χ3v) is 6.52. The maximum absolute atomic E-state index is 11.4. The molecular formula is C23H28N6O3. The van der Waals surface area contributed by atoms with Crippen molar-refractivity contribution in [2.45, 2.75) is 24.9 Å². The van der Waals surface area contributed by atoms with Gasteiger partial charge in [-0.05, 0) is 37.2 Å². The number of nitrogens with zero attached hydrogens (tertiary/aromatic N) is 4. The molecule has 3 aromatic heterocycles. The Kier molecular flexibility index (Phi) is 5.11. The molecule has 5 rings (SSSR count). The SMILES string of the molecule is COC1(c2cc(C)cc(-n3cc(C4CN(C)C4)c4cnc(NC(N)=O)cc43)n2)CCOC1. The van der Waals surface area contributed by atoms with Crippen LogP contribution >= 0.6 is 0 Å². The minimum Gasteiger partial charge on any atom is -0.378 e. The van der Waals surface area contributed by atoms with E-state index in [9.17, 15) is 4.79 Å². The summed E-state index contributed by atoms with van der Waals surface area (Å²) in [5.41, 5.74) is 8.88. The molecular weight excluding hydrogens is 408 g/mol. The van der Waals surface area contributed by atoms with Crippen LogP contribution in [0.1, 0.15) is 29.2 Å². The number of nitrogens with one attached hydrogen (secondary N) is 1. The third kappa shape index (κ3) is 3.52. The number of ether oxygens (including phenoxy) is 2. The smallest absolute Gasteiger partial charge is 0.317 e. The molecule has 0 bridgehead atoms. The first-order valence-corrected chi connectivity index (χ1v) is 10.8. The molecule has 0 spiro atoms. The summed E-state index contributed by atoms with van der Waals surface area (Å²) in [4.78, 5) is 23.1. The number of likely N-dealkylation sites (tertiary alicyclic amines) is 1. The molecule has 1 unspecified atom stereocenters. The molecule has 2 saturated heterocycles. The van der Waals surface area contributed by atoms with Gasteiger partial charge in [-0.25, -0.2) is 14.8 Å². The van der Waals surface area contributed by atoms with Crippen LogP contribution in [0.25, 0.3) is 16.7 Å². The fraction of sp³-hybridized carbons (Fsp3) is 0.435. The molecule has 0 radical (unpaired) electrons. The summed E-state index contributed by atoms with van der Waals surface area (Å²) in [6, 6.07) is 5.33. The van der Waals surface area contributed by atoms with Crippen molar-refractivity contribution in [1.82, 2.24) is 19.4 Å². The number of rotatable bonds is 5. The maximum Gasteiger partial charge on any atom is 0.317 e. The van der Waals surface area contributed by atoms with E-state index >= 15 is 0 Å². The summed E-state index contributed by atoms with van der Waals surface area (Å²) in [7, 11) is 3.83. The largest absolute Gasteiger partial charge is 0.378 e. The Bertz CT molecular complexity index is 1180. The first kappa shape index (κ1) is 20.9. The Morgan fingerprint density at radius 1 is 1.34 bits per heavy atom.